The predicted molar refractivity (Wildman–Crippen MR) is 69.7 cm³/mol. The van der Waals surface area contributed by atoms with E-state index in [0.717, 1.165) is 29.4 Å². The van der Waals surface area contributed by atoms with E-state index in [4.69, 9.17) is 9.47 Å². The second kappa shape index (κ2) is 5.81. The molecule has 0 bridgehead atoms. The summed E-state index contributed by atoms with van der Waals surface area (Å²) in [7, 11) is 0. The van der Waals surface area contributed by atoms with Crippen LogP contribution >= 0.6 is 22.6 Å². The van der Waals surface area contributed by atoms with E-state index in [1.807, 2.05) is 6.20 Å². The molecule has 1 atom stereocenters. The van der Waals surface area contributed by atoms with Crippen LogP contribution in [-0.4, -0.2) is 29.0 Å². The van der Waals surface area contributed by atoms with Crippen LogP contribution in [-0.2, 0) is 9.47 Å². The SMILES string of the molecule is CCOC(=O)c1nn(C2CCCCO2)cc1I. The number of halogens is 1. The summed E-state index contributed by atoms with van der Waals surface area (Å²) >= 11 is 2.09. The van der Waals surface area contributed by atoms with E-state index in [0.29, 0.717) is 12.3 Å². The highest BCUT2D eigenvalue weighted by Gasteiger charge is 2.21. The lowest BCUT2D eigenvalue weighted by Crippen LogP contribution is -2.19. The molecule has 0 spiro atoms. The van der Waals surface area contributed by atoms with E-state index in [-0.39, 0.29) is 12.2 Å². The highest BCUT2D eigenvalue weighted by molar-refractivity contribution is 14.1. The maximum absolute atomic E-state index is 11.6. The zero-order valence-electron chi connectivity index (χ0n) is 9.69. The lowest BCUT2D eigenvalue weighted by atomic mass is 10.2. The number of aromatic nitrogens is 2. The molecule has 2 heterocycles. The Balaban J connectivity index is 2.14. The third-order valence-electron chi connectivity index (χ3n) is 2.61. The number of hydrogen-bond acceptors (Lipinski definition) is 4. The fourth-order valence-corrected chi connectivity index (χ4v) is 2.40. The molecule has 1 saturated heterocycles. The smallest absolute Gasteiger partial charge is 0.359 e. The van der Waals surface area contributed by atoms with Gasteiger partial charge in [-0.05, 0) is 48.8 Å². The average molecular weight is 350 g/mol. The number of rotatable bonds is 3. The summed E-state index contributed by atoms with van der Waals surface area (Å²) in [5.74, 6) is -0.369. The molecule has 0 amide bonds. The first kappa shape index (κ1) is 12.8. The van der Waals surface area contributed by atoms with Gasteiger partial charge in [-0.1, -0.05) is 0 Å². The zero-order valence-corrected chi connectivity index (χ0v) is 11.8. The van der Waals surface area contributed by atoms with Gasteiger partial charge in [0.1, 0.15) is 6.23 Å². The van der Waals surface area contributed by atoms with Gasteiger partial charge in [0, 0.05) is 12.8 Å². The largest absolute Gasteiger partial charge is 0.461 e. The van der Waals surface area contributed by atoms with E-state index in [2.05, 4.69) is 27.7 Å². The summed E-state index contributed by atoms with van der Waals surface area (Å²) in [5, 5.41) is 4.26. The Kier molecular flexibility index (Phi) is 4.38. The minimum absolute atomic E-state index is 0.0413. The molecule has 0 radical (unpaired) electrons. The molecule has 5 nitrogen and oxygen atoms in total. The molecule has 0 N–H and O–H groups in total. The molecule has 0 aromatic carbocycles. The number of esters is 1. The Morgan fingerprint density at radius 3 is 3.18 bits per heavy atom. The Labute approximate surface area is 114 Å². The van der Waals surface area contributed by atoms with Crippen molar-refractivity contribution in [3.63, 3.8) is 0 Å². The van der Waals surface area contributed by atoms with Crippen molar-refractivity contribution in [2.24, 2.45) is 0 Å². The van der Waals surface area contributed by atoms with Crippen LogP contribution in [0.25, 0.3) is 0 Å². The van der Waals surface area contributed by atoms with Crippen LogP contribution in [0.15, 0.2) is 6.20 Å². The fraction of sp³-hybridized carbons (Fsp3) is 0.636. The molecule has 0 saturated carbocycles. The van der Waals surface area contributed by atoms with Crippen LogP contribution in [0.2, 0.25) is 0 Å². The Bertz CT molecular complexity index is 399. The molecule has 1 aliphatic rings. The summed E-state index contributed by atoms with van der Waals surface area (Å²) in [6, 6.07) is 0. The van der Waals surface area contributed by atoms with Crippen LogP contribution < -0.4 is 0 Å². The number of carbonyl (C=O) groups excluding carboxylic acids is 1. The minimum atomic E-state index is -0.369. The topological polar surface area (TPSA) is 53.3 Å². The van der Waals surface area contributed by atoms with Crippen molar-refractivity contribution in [2.75, 3.05) is 13.2 Å². The minimum Gasteiger partial charge on any atom is -0.461 e. The first-order valence-corrected chi connectivity index (χ1v) is 6.83. The molecule has 1 fully saturated rings. The highest BCUT2D eigenvalue weighted by atomic mass is 127. The van der Waals surface area contributed by atoms with E-state index in [1.54, 1.807) is 11.6 Å². The van der Waals surface area contributed by atoms with Gasteiger partial charge in [-0.3, -0.25) is 0 Å². The molecule has 1 aromatic heterocycles. The van der Waals surface area contributed by atoms with Crippen LogP contribution in [0.4, 0.5) is 0 Å². The van der Waals surface area contributed by atoms with Gasteiger partial charge >= 0.3 is 5.97 Å². The summed E-state index contributed by atoms with van der Waals surface area (Å²) in [6.45, 7) is 2.91. The van der Waals surface area contributed by atoms with Crippen molar-refractivity contribution in [1.82, 2.24) is 9.78 Å². The fourth-order valence-electron chi connectivity index (χ4n) is 1.79. The van der Waals surface area contributed by atoms with Crippen molar-refractivity contribution in [3.05, 3.63) is 15.5 Å². The molecule has 94 valence electrons. The monoisotopic (exact) mass is 350 g/mol. The average Bonchev–Trinajstić information content (AvgIpc) is 2.73. The molecule has 1 aliphatic heterocycles. The second-order valence-electron chi connectivity index (χ2n) is 3.85. The van der Waals surface area contributed by atoms with Crippen molar-refractivity contribution in [2.45, 2.75) is 32.4 Å². The van der Waals surface area contributed by atoms with Gasteiger partial charge in [0.25, 0.3) is 0 Å². The van der Waals surface area contributed by atoms with Gasteiger partial charge in [0.2, 0.25) is 0 Å². The van der Waals surface area contributed by atoms with E-state index in [9.17, 15) is 4.79 Å². The van der Waals surface area contributed by atoms with Crippen molar-refractivity contribution < 1.29 is 14.3 Å². The van der Waals surface area contributed by atoms with Gasteiger partial charge in [-0.25, -0.2) is 9.48 Å². The van der Waals surface area contributed by atoms with Gasteiger partial charge < -0.3 is 9.47 Å². The molecule has 17 heavy (non-hydrogen) atoms. The first-order valence-electron chi connectivity index (χ1n) is 5.75. The van der Waals surface area contributed by atoms with Crippen molar-refractivity contribution in [3.8, 4) is 0 Å². The maximum Gasteiger partial charge on any atom is 0.359 e. The van der Waals surface area contributed by atoms with E-state index >= 15 is 0 Å². The van der Waals surface area contributed by atoms with Gasteiger partial charge in [0.05, 0.1) is 10.2 Å². The molecule has 1 aromatic rings. The number of hydrogen-bond donors (Lipinski definition) is 0. The summed E-state index contributed by atoms with van der Waals surface area (Å²) in [5.41, 5.74) is 0.377. The van der Waals surface area contributed by atoms with E-state index < -0.39 is 0 Å². The third-order valence-corrected chi connectivity index (χ3v) is 3.40. The summed E-state index contributed by atoms with van der Waals surface area (Å²) in [6.07, 6.45) is 4.97. The maximum atomic E-state index is 11.6. The van der Waals surface area contributed by atoms with Crippen molar-refractivity contribution in [1.29, 1.82) is 0 Å². The second-order valence-corrected chi connectivity index (χ2v) is 5.01. The molecular formula is C11H15IN2O3. The quantitative estimate of drug-likeness (QED) is 0.620. The Hall–Kier alpha value is -0.630. The van der Waals surface area contributed by atoms with Gasteiger partial charge in [0.15, 0.2) is 5.69 Å². The van der Waals surface area contributed by atoms with Crippen LogP contribution in [0.3, 0.4) is 0 Å². The van der Waals surface area contributed by atoms with Crippen LogP contribution in [0.1, 0.15) is 42.9 Å². The standard InChI is InChI=1S/C11H15IN2O3/c1-2-16-11(15)10-8(12)7-14(13-10)9-5-3-4-6-17-9/h7,9H,2-6H2,1H3. The highest BCUT2D eigenvalue weighted by Crippen LogP contribution is 2.23. The van der Waals surface area contributed by atoms with Gasteiger partial charge in [-0.2, -0.15) is 5.10 Å². The van der Waals surface area contributed by atoms with E-state index in [1.165, 1.54) is 0 Å². The normalized spacial score (nSPS) is 20.2. The first-order chi connectivity index (χ1) is 8.22. The number of nitrogens with zero attached hydrogens (tertiary/aromatic N) is 2. The Morgan fingerprint density at radius 1 is 1.71 bits per heavy atom. The molecule has 6 heteroatoms. The molecule has 1 unspecified atom stereocenters. The molecule has 2 rings (SSSR count). The van der Waals surface area contributed by atoms with Gasteiger partial charge in [-0.15, -0.1) is 0 Å². The Morgan fingerprint density at radius 2 is 2.53 bits per heavy atom. The third kappa shape index (κ3) is 2.98. The number of carbonyl (C=O) groups is 1. The van der Waals surface area contributed by atoms with Crippen LogP contribution in [0.5, 0.6) is 0 Å². The van der Waals surface area contributed by atoms with Crippen molar-refractivity contribution >= 4 is 28.6 Å². The number of ether oxygens (including phenoxy) is 2. The zero-order chi connectivity index (χ0) is 12.3. The molecular weight excluding hydrogens is 335 g/mol. The summed E-state index contributed by atoms with van der Waals surface area (Å²) < 4.78 is 13.1. The summed E-state index contributed by atoms with van der Waals surface area (Å²) in [4.78, 5) is 11.6. The predicted octanol–water partition coefficient (Wildman–Crippen LogP) is 2.36. The lowest BCUT2D eigenvalue weighted by molar-refractivity contribution is -0.0397. The lowest BCUT2D eigenvalue weighted by Gasteiger charge is -2.22. The van der Waals surface area contributed by atoms with Crippen LogP contribution in [0, 0.1) is 3.57 Å². The molecule has 0 aliphatic carbocycles.